The van der Waals surface area contributed by atoms with Crippen LogP contribution in [0, 0.1) is 0 Å². The average molecular weight is 485 g/mol. The number of pyridine rings is 1. The number of para-hydroxylation sites is 1. The third-order valence-corrected chi connectivity index (χ3v) is 7.01. The molecule has 2 aliphatic rings. The second kappa shape index (κ2) is 10.7. The Labute approximate surface area is 204 Å². The van der Waals surface area contributed by atoms with Gasteiger partial charge in [0.05, 0.1) is 18.0 Å². The zero-order chi connectivity index (χ0) is 24.2. The Morgan fingerprint density at radius 1 is 1.12 bits per heavy atom. The number of anilines is 1. The maximum Gasteiger partial charge on any atom is 0.278 e. The van der Waals surface area contributed by atoms with Crippen molar-refractivity contribution < 1.29 is 8.78 Å². The van der Waals surface area contributed by atoms with Gasteiger partial charge in [-0.3, -0.25) is 9.29 Å². The van der Waals surface area contributed by atoms with Crippen molar-refractivity contribution in [3.8, 4) is 0 Å². The van der Waals surface area contributed by atoms with E-state index in [1.165, 1.54) is 0 Å². The molecule has 0 saturated carbocycles. The van der Waals surface area contributed by atoms with E-state index in [1.54, 1.807) is 18.3 Å². The predicted octanol–water partition coefficient (Wildman–Crippen LogP) is 5.39. The first-order valence-corrected chi connectivity index (χ1v) is 12.1. The Hall–Kier alpha value is -2.78. The van der Waals surface area contributed by atoms with Crippen molar-refractivity contribution in [3.05, 3.63) is 72.2 Å². The van der Waals surface area contributed by atoms with E-state index in [-0.39, 0.29) is 12.1 Å². The summed E-state index contributed by atoms with van der Waals surface area (Å²) in [6.07, 6.45) is -0.813. The lowest BCUT2D eigenvalue weighted by atomic mass is 10.1. The summed E-state index contributed by atoms with van der Waals surface area (Å²) in [5.41, 5.74) is 4.14. The van der Waals surface area contributed by atoms with Gasteiger partial charge in [-0.1, -0.05) is 24.8 Å². The molecular formula is C25H30F2N6S. The van der Waals surface area contributed by atoms with Gasteiger partial charge in [0.15, 0.2) is 0 Å². The smallest absolute Gasteiger partial charge is 0.278 e. The third-order valence-electron chi connectivity index (χ3n) is 5.95. The van der Waals surface area contributed by atoms with Crippen LogP contribution in [0.25, 0.3) is 0 Å². The minimum absolute atomic E-state index is 0.0667. The lowest BCUT2D eigenvalue weighted by molar-refractivity contribution is 0.119. The maximum absolute atomic E-state index is 12.9. The number of allylic oxidation sites excluding steroid dienone is 1. The fourth-order valence-electron chi connectivity index (χ4n) is 4.48. The first kappa shape index (κ1) is 24.3. The van der Waals surface area contributed by atoms with Gasteiger partial charge in [0.2, 0.25) is 0 Å². The SMILES string of the molecule is C=C(C)N1C(C)CN(SN(Cc2ccc(C3=NN=C(C(F)F)C3)cn2)c2ccccc2)CC1C. The van der Waals surface area contributed by atoms with Crippen LogP contribution >= 0.6 is 12.1 Å². The van der Waals surface area contributed by atoms with E-state index in [0.29, 0.717) is 24.3 Å². The van der Waals surface area contributed by atoms with Gasteiger partial charge in [0, 0.05) is 66.9 Å². The predicted molar refractivity (Wildman–Crippen MR) is 136 cm³/mol. The number of piperazine rings is 1. The molecule has 2 atom stereocenters. The number of halogens is 2. The fourth-order valence-corrected chi connectivity index (χ4v) is 5.73. The minimum atomic E-state index is -2.58. The number of aromatic nitrogens is 1. The van der Waals surface area contributed by atoms with Crippen molar-refractivity contribution >= 4 is 29.2 Å². The maximum atomic E-state index is 12.9. The molecule has 0 radical (unpaired) electrons. The molecule has 6 nitrogen and oxygen atoms in total. The molecule has 2 aromatic rings. The molecular weight excluding hydrogens is 454 g/mol. The Morgan fingerprint density at radius 3 is 2.38 bits per heavy atom. The van der Waals surface area contributed by atoms with E-state index >= 15 is 0 Å². The first-order valence-electron chi connectivity index (χ1n) is 11.4. The molecule has 34 heavy (non-hydrogen) atoms. The Bertz CT molecular complexity index is 1040. The van der Waals surface area contributed by atoms with Gasteiger partial charge in [0.25, 0.3) is 6.43 Å². The second-order valence-electron chi connectivity index (χ2n) is 8.80. The fraction of sp³-hybridized carbons (Fsp3) is 0.400. The second-order valence-corrected chi connectivity index (χ2v) is 9.92. The number of nitrogens with zero attached hydrogens (tertiary/aromatic N) is 6. The Kier molecular flexibility index (Phi) is 7.63. The van der Waals surface area contributed by atoms with Gasteiger partial charge in [-0.25, -0.2) is 13.1 Å². The molecule has 2 unspecified atom stereocenters. The lowest BCUT2D eigenvalue weighted by Crippen LogP contribution is -2.54. The quantitative estimate of drug-likeness (QED) is 0.470. The van der Waals surface area contributed by atoms with E-state index in [1.807, 2.05) is 30.3 Å². The standard InChI is InChI=1S/C25H30F2N6S/c1-17(2)33-18(3)14-31(15-19(33)4)34-32(22-8-6-5-7-9-22)16-21-11-10-20(13-28-21)23-12-24(25(26)27)30-29-23/h5-11,13,18-19,25H,1,12,14-16H2,2-4H3. The van der Waals surface area contributed by atoms with Crippen LogP contribution < -0.4 is 4.31 Å². The van der Waals surface area contributed by atoms with Crippen molar-refractivity contribution in [2.75, 3.05) is 17.4 Å². The number of alkyl halides is 2. The van der Waals surface area contributed by atoms with Crippen LogP contribution in [-0.2, 0) is 6.54 Å². The molecule has 0 N–H and O–H groups in total. The van der Waals surface area contributed by atoms with Crippen LogP contribution in [0.3, 0.4) is 0 Å². The topological polar surface area (TPSA) is 47.3 Å². The van der Waals surface area contributed by atoms with E-state index in [2.05, 4.69) is 68.2 Å². The van der Waals surface area contributed by atoms with Crippen LogP contribution in [-0.4, -0.2) is 57.2 Å². The highest BCUT2D eigenvalue weighted by atomic mass is 32.2. The molecule has 1 aromatic carbocycles. The molecule has 4 rings (SSSR count). The molecule has 180 valence electrons. The number of hydrogen-bond acceptors (Lipinski definition) is 7. The molecule has 2 aliphatic heterocycles. The molecule has 9 heteroatoms. The molecule has 0 bridgehead atoms. The summed E-state index contributed by atoms with van der Waals surface area (Å²) in [6.45, 7) is 13.1. The molecule has 1 aromatic heterocycles. The van der Waals surface area contributed by atoms with Crippen molar-refractivity contribution in [2.45, 2.75) is 52.2 Å². The summed E-state index contributed by atoms with van der Waals surface area (Å²) in [4.78, 5) is 6.99. The van der Waals surface area contributed by atoms with Crippen LogP contribution in [0.5, 0.6) is 0 Å². The molecule has 3 heterocycles. The zero-order valence-electron chi connectivity index (χ0n) is 19.7. The largest absolute Gasteiger partial charge is 0.368 e. The zero-order valence-corrected chi connectivity index (χ0v) is 20.6. The van der Waals surface area contributed by atoms with E-state index in [4.69, 9.17) is 0 Å². The highest BCUT2D eigenvalue weighted by Gasteiger charge is 2.31. The lowest BCUT2D eigenvalue weighted by Gasteiger charge is -2.46. The monoisotopic (exact) mass is 484 g/mol. The average Bonchev–Trinajstić information content (AvgIpc) is 3.30. The van der Waals surface area contributed by atoms with Gasteiger partial charge in [-0.15, -0.1) is 0 Å². The number of hydrogen-bond donors (Lipinski definition) is 0. The van der Waals surface area contributed by atoms with E-state index in [9.17, 15) is 8.78 Å². The Morgan fingerprint density at radius 2 is 1.82 bits per heavy atom. The minimum Gasteiger partial charge on any atom is -0.368 e. The van der Waals surface area contributed by atoms with Crippen molar-refractivity contribution in [1.82, 2.24) is 14.2 Å². The van der Waals surface area contributed by atoms with Gasteiger partial charge in [-0.05, 0) is 45.0 Å². The van der Waals surface area contributed by atoms with Gasteiger partial charge in [0.1, 0.15) is 5.71 Å². The van der Waals surface area contributed by atoms with Gasteiger partial charge in [-0.2, -0.15) is 10.2 Å². The molecule has 1 saturated heterocycles. The highest BCUT2D eigenvalue weighted by Crippen LogP contribution is 2.31. The first-order chi connectivity index (χ1) is 16.3. The molecule has 0 amide bonds. The van der Waals surface area contributed by atoms with Gasteiger partial charge < -0.3 is 4.90 Å². The third kappa shape index (κ3) is 5.64. The van der Waals surface area contributed by atoms with Crippen LogP contribution in [0.4, 0.5) is 14.5 Å². The Balaban J connectivity index is 1.46. The summed E-state index contributed by atoms with van der Waals surface area (Å²) < 4.78 is 30.4. The summed E-state index contributed by atoms with van der Waals surface area (Å²) in [5, 5.41) is 7.51. The molecule has 1 fully saturated rings. The molecule has 0 spiro atoms. The summed E-state index contributed by atoms with van der Waals surface area (Å²) >= 11 is 1.71. The highest BCUT2D eigenvalue weighted by molar-refractivity contribution is 7.98. The normalized spacial score (nSPS) is 20.9. The van der Waals surface area contributed by atoms with Crippen LogP contribution in [0.15, 0.2) is 71.1 Å². The summed E-state index contributed by atoms with van der Waals surface area (Å²) in [6, 6.07) is 14.8. The summed E-state index contributed by atoms with van der Waals surface area (Å²) in [5.74, 6) is 0. The number of rotatable bonds is 8. The molecule has 0 aliphatic carbocycles. The van der Waals surface area contributed by atoms with Crippen LogP contribution in [0.2, 0.25) is 0 Å². The van der Waals surface area contributed by atoms with E-state index < -0.39 is 6.43 Å². The van der Waals surface area contributed by atoms with Crippen molar-refractivity contribution in [1.29, 1.82) is 0 Å². The summed E-state index contributed by atoms with van der Waals surface area (Å²) in [7, 11) is 0. The van der Waals surface area contributed by atoms with Crippen molar-refractivity contribution in [3.63, 3.8) is 0 Å². The van der Waals surface area contributed by atoms with Crippen molar-refractivity contribution in [2.24, 2.45) is 10.2 Å². The van der Waals surface area contributed by atoms with E-state index in [0.717, 1.165) is 35.7 Å². The number of benzene rings is 1. The van der Waals surface area contributed by atoms with Gasteiger partial charge >= 0.3 is 0 Å². The van der Waals surface area contributed by atoms with Crippen LogP contribution in [0.1, 0.15) is 38.4 Å².